The molecule has 26 heavy (non-hydrogen) atoms. The zero-order valence-electron chi connectivity index (χ0n) is 13.7. The van der Waals surface area contributed by atoms with Gasteiger partial charge in [-0.1, -0.05) is 17.7 Å². The first-order chi connectivity index (χ1) is 12.3. The summed E-state index contributed by atoms with van der Waals surface area (Å²) in [6, 6.07) is 10.3. The van der Waals surface area contributed by atoms with Crippen LogP contribution in [-0.2, 0) is 19.6 Å². The molecule has 1 aliphatic rings. The zero-order chi connectivity index (χ0) is 18.9. The van der Waals surface area contributed by atoms with Crippen LogP contribution < -0.4 is 14.4 Å². The van der Waals surface area contributed by atoms with Crippen molar-refractivity contribution in [1.82, 2.24) is 0 Å². The van der Waals surface area contributed by atoms with Crippen LogP contribution in [0.25, 0.3) is 0 Å². The van der Waals surface area contributed by atoms with Crippen molar-refractivity contribution in [2.45, 2.75) is 17.7 Å². The molecule has 0 atom stereocenters. The lowest BCUT2D eigenvalue weighted by molar-refractivity contribution is -0.121. The lowest BCUT2D eigenvalue weighted by Crippen LogP contribution is -2.28. The number of anilines is 2. The van der Waals surface area contributed by atoms with Gasteiger partial charge >= 0.3 is 0 Å². The summed E-state index contributed by atoms with van der Waals surface area (Å²) in [4.78, 5) is 24.6. The molecule has 0 aromatic heterocycles. The van der Waals surface area contributed by atoms with Crippen molar-refractivity contribution < 1.29 is 22.7 Å². The van der Waals surface area contributed by atoms with E-state index in [-0.39, 0.29) is 46.7 Å². The Kier molecular flexibility index (Phi) is 4.88. The molecule has 0 bridgehead atoms. The van der Waals surface area contributed by atoms with Crippen molar-refractivity contribution in [2.75, 3.05) is 16.7 Å². The summed E-state index contributed by atoms with van der Waals surface area (Å²) >= 11 is 5.88. The smallest absolute Gasteiger partial charge is 0.265 e. The number of sulfonamides is 1. The van der Waals surface area contributed by atoms with Gasteiger partial charge in [0.1, 0.15) is 10.6 Å². The second-order valence-corrected chi connectivity index (χ2v) is 7.66. The van der Waals surface area contributed by atoms with Gasteiger partial charge in [0.25, 0.3) is 10.0 Å². The largest absolute Gasteiger partial charge is 0.495 e. The summed E-state index contributed by atoms with van der Waals surface area (Å²) < 4.78 is 33.1. The van der Waals surface area contributed by atoms with Crippen LogP contribution >= 0.6 is 11.6 Å². The monoisotopic (exact) mass is 394 g/mol. The quantitative estimate of drug-likeness (QED) is 0.787. The number of nitrogens with zero attached hydrogens (tertiary/aromatic N) is 1. The number of carbonyl (C=O) groups excluding carboxylic acids is 2. The molecule has 1 aliphatic heterocycles. The highest BCUT2D eigenvalue weighted by Gasteiger charge is 2.32. The Hall–Kier alpha value is -2.58. The first-order valence-electron chi connectivity index (χ1n) is 7.64. The predicted molar refractivity (Wildman–Crippen MR) is 97.0 cm³/mol. The number of nitrogens with one attached hydrogen (secondary N) is 1. The van der Waals surface area contributed by atoms with Crippen LogP contribution in [0.1, 0.15) is 12.8 Å². The highest BCUT2D eigenvalue weighted by Crippen LogP contribution is 2.32. The van der Waals surface area contributed by atoms with Crippen molar-refractivity contribution >= 4 is 44.8 Å². The summed E-state index contributed by atoms with van der Waals surface area (Å²) in [7, 11) is -2.71. The second-order valence-electron chi connectivity index (χ2n) is 5.57. The van der Waals surface area contributed by atoms with Gasteiger partial charge in [-0.15, -0.1) is 0 Å². The lowest BCUT2D eigenvalue weighted by Gasteiger charge is -2.17. The van der Waals surface area contributed by atoms with Crippen molar-refractivity contribution in [3.05, 3.63) is 47.5 Å². The molecule has 1 saturated heterocycles. The highest BCUT2D eigenvalue weighted by molar-refractivity contribution is 7.92. The predicted octanol–water partition coefficient (Wildman–Crippen LogP) is 2.80. The molecule has 0 radical (unpaired) electrons. The SMILES string of the molecule is COc1ccc(N2C(=O)CCC2=O)cc1S(=O)(=O)Nc1cccc(Cl)c1. The van der Waals surface area contributed by atoms with Gasteiger partial charge in [0.2, 0.25) is 11.8 Å². The van der Waals surface area contributed by atoms with Gasteiger partial charge in [-0.2, -0.15) is 0 Å². The Labute approximate surface area is 155 Å². The molecule has 7 nitrogen and oxygen atoms in total. The van der Waals surface area contributed by atoms with E-state index in [0.717, 1.165) is 4.90 Å². The average molecular weight is 395 g/mol. The molecule has 1 fully saturated rings. The van der Waals surface area contributed by atoms with Crippen LogP contribution in [0.2, 0.25) is 5.02 Å². The molecule has 136 valence electrons. The third-order valence-corrected chi connectivity index (χ3v) is 5.46. The van der Waals surface area contributed by atoms with Crippen molar-refractivity contribution in [3.63, 3.8) is 0 Å². The fraction of sp³-hybridized carbons (Fsp3) is 0.176. The molecular formula is C17H15ClN2O5S. The molecule has 2 aromatic carbocycles. The number of methoxy groups -OCH3 is 1. The van der Waals surface area contributed by atoms with Crippen LogP contribution in [0.3, 0.4) is 0 Å². The van der Waals surface area contributed by atoms with E-state index in [1.165, 1.54) is 31.4 Å². The molecule has 0 spiro atoms. The number of benzene rings is 2. The fourth-order valence-corrected chi connectivity index (χ4v) is 4.07. The van der Waals surface area contributed by atoms with E-state index in [1.807, 2.05) is 0 Å². The minimum Gasteiger partial charge on any atom is -0.495 e. The minimum absolute atomic E-state index is 0.0855. The van der Waals surface area contributed by atoms with Gasteiger partial charge in [-0.05, 0) is 36.4 Å². The standard InChI is InChI=1S/C17H15ClN2O5S/c1-25-14-6-5-13(20-16(21)7-8-17(20)22)10-15(14)26(23,24)19-12-4-2-3-11(18)9-12/h2-6,9-10,19H,7-8H2,1H3. The Bertz CT molecular complexity index is 974. The topological polar surface area (TPSA) is 92.8 Å². The molecule has 1 heterocycles. The molecule has 0 saturated carbocycles. The molecule has 3 rings (SSSR count). The van der Waals surface area contributed by atoms with Crippen LogP contribution in [0.15, 0.2) is 47.4 Å². The average Bonchev–Trinajstić information content (AvgIpc) is 2.92. The summed E-state index contributed by atoms with van der Waals surface area (Å²) in [6.07, 6.45) is 0.210. The summed E-state index contributed by atoms with van der Waals surface area (Å²) in [5.41, 5.74) is 0.461. The van der Waals surface area contributed by atoms with Gasteiger partial charge in [0.05, 0.1) is 18.5 Å². The van der Waals surface area contributed by atoms with Crippen LogP contribution in [0, 0.1) is 0 Å². The van der Waals surface area contributed by atoms with Gasteiger partial charge in [0, 0.05) is 17.9 Å². The first-order valence-corrected chi connectivity index (χ1v) is 9.50. The normalized spacial score (nSPS) is 14.6. The van der Waals surface area contributed by atoms with Crippen molar-refractivity contribution in [2.24, 2.45) is 0 Å². The maximum Gasteiger partial charge on any atom is 0.265 e. The third-order valence-electron chi connectivity index (χ3n) is 3.82. The summed E-state index contributed by atoms with van der Waals surface area (Å²) in [5, 5.41) is 0.374. The maximum atomic E-state index is 12.8. The maximum absolute atomic E-state index is 12.8. The number of rotatable bonds is 5. The zero-order valence-corrected chi connectivity index (χ0v) is 15.3. The van der Waals surface area contributed by atoms with Crippen molar-refractivity contribution in [1.29, 1.82) is 0 Å². The fourth-order valence-electron chi connectivity index (χ4n) is 2.64. The van der Waals surface area contributed by atoms with Crippen LogP contribution in [0.5, 0.6) is 5.75 Å². The second kappa shape index (κ2) is 6.97. The molecule has 2 amide bonds. The number of imide groups is 1. The Morgan fingerprint density at radius 1 is 1.08 bits per heavy atom. The molecular weight excluding hydrogens is 380 g/mol. The van der Waals surface area contributed by atoms with Gasteiger partial charge in [-0.3, -0.25) is 19.2 Å². The van der Waals surface area contributed by atoms with Gasteiger partial charge in [0.15, 0.2) is 0 Å². The van der Waals surface area contributed by atoms with Gasteiger partial charge < -0.3 is 4.74 Å². The lowest BCUT2D eigenvalue weighted by atomic mass is 10.2. The minimum atomic E-state index is -4.04. The number of carbonyl (C=O) groups is 2. The molecule has 0 unspecified atom stereocenters. The Morgan fingerprint density at radius 2 is 1.77 bits per heavy atom. The first kappa shape index (κ1) is 18.2. The van der Waals surface area contributed by atoms with E-state index in [0.29, 0.717) is 5.02 Å². The summed E-state index contributed by atoms with van der Waals surface area (Å²) in [6.45, 7) is 0. The van der Waals surface area contributed by atoms with E-state index < -0.39 is 10.0 Å². The number of ether oxygens (including phenoxy) is 1. The number of hydrogen-bond acceptors (Lipinski definition) is 5. The van der Waals surface area contributed by atoms with Crippen LogP contribution in [0.4, 0.5) is 11.4 Å². The van der Waals surface area contributed by atoms with Crippen molar-refractivity contribution in [3.8, 4) is 5.75 Å². The van der Waals surface area contributed by atoms with Gasteiger partial charge in [-0.25, -0.2) is 8.42 Å². The highest BCUT2D eigenvalue weighted by atomic mass is 35.5. The summed E-state index contributed by atoms with van der Waals surface area (Å²) in [5.74, 6) is -0.653. The number of hydrogen-bond donors (Lipinski definition) is 1. The number of halogens is 1. The van der Waals surface area contributed by atoms with E-state index in [1.54, 1.807) is 18.2 Å². The molecule has 1 N–H and O–H groups in total. The van der Waals surface area contributed by atoms with Crippen LogP contribution in [-0.4, -0.2) is 27.3 Å². The van der Waals surface area contributed by atoms with E-state index >= 15 is 0 Å². The third kappa shape index (κ3) is 3.51. The van der Waals surface area contributed by atoms with E-state index in [9.17, 15) is 18.0 Å². The van der Waals surface area contributed by atoms with E-state index in [4.69, 9.17) is 16.3 Å². The Morgan fingerprint density at radius 3 is 2.38 bits per heavy atom. The Balaban J connectivity index is 2.03. The van der Waals surface area contributed by atoms with E-state index in [2.05, 4.69) is 4.72 Å². The number of amides is 2. The molecule has 2 aromatic rings. The molecule has 9 heteroatoms. The molecule has 0 aliphatic carbocycles.